The standard InChI is InChI=1S/C20H18N4O3S/c25-18-11-27-16-10-12(7-8-13(16)22-18)21-20(26)24-9-3-5-15(24)19-23-14-4-1-2-6-17(14)28-19/h1-2,4,6-8,10,15H,3,5,9,11H2,(H,21,26)(H,22,25). The number of carbonyl (C=O) groups excluding carboxylic acids is 2. The van der Waals surface area contributed by atoms with Crippen LogP contribution >= 0.6 is 11.3 Å². The van der Waals surface area contributed by atoms with Gasteiger partial charge in [0.1, 0.15) is 10.8 Å². The molecule has 1 atom stereocenters. The second-order valence-corrected chi connectivity index (χ2v) is 7.91. The Bertz CT molecular complexity index is 1050. The lowest BCUT2D eigenvalue weighted by Gasteiger charge is -2.24. The van der Waals surface area contributed by atoms with E-state index in [1.807, 2.05) is 23.1 Å². The minimum Gasteiger partial charge on any atom is -0.482 e. The Balaban J connectivity index is 1.35. The Hall–Kier alpha value is -3.13. The number of hydrogen-bond donors (Lipinski definition) is 2. The van der Waals surface area contributed by atoms with Crippen LogP contribution < -0.4 is 15.4 Å². The molecule has 0 aliphatic carbocycles. The number of para-hydroxylation sites is 1. The number of thiazole rings is 1. The van der Waals surface area contributed by atoms with E-state index in [-0.39, 0.29) is 24.6 Å². The Morgan fingerprint density at radius 1 is 1.29 bits per heavy atom. The van der Waals surface area contributed by atoms with Crippen molar-refractivity contribution in [3.8, 4) is 5.75 Å². The van der Waals surface area contributed by atoms with Crippen LogP contribution in [0.3, 0.4) is 0 Å². The number of urea groups is 1. The number of amides is 3. The molecule has 0 radical (unpaired) electrons. The van der Waals surface area contributed by atoms with Crippen molar-refractivity contribution in [2.45, 2.75) is 18.9 Å². The van der Waals surface area contributed by atoms with Crippen molar-refractivity contribution in [2.24, 2.45) is 0 Å². The van der Waals surface area contributed by atoms with Crippen LogP contribution in [0.1, 0.15) is 23.9 Å². The number of nitrogens with zero attached hydrogens (tertiary/aromatic N) is 2. The number of hydrogen-bond acceptors (Lipinski definition) is 5. The van der Waals surface area contributed by atoms with E-state index in [2.05, 4.69) is 16.7 Å². The number of fused-ring (bicyclic) bond motifs is 2. The van der Waals surface area contributed by atoms with Crippen molar-refractivity contribution in [1.29, 1.82) is 0 Å². The lowest BCUT2D eigenvalue weighted by Crippen LogP contribution is -2.34. The molecule has 3 aromatic rings. The van der Waals surface area contributed by atoms with Gasteiger partial charge in [0, 0.05) is 18.3 Å². The molecular formula is C20H18N4O3S. The number of aromatic nitrogens is 1. The van der Waals surface area contributed by atoms with Crippen LogP contribution in [0, 0.1) is 0 Å². The summed E-state index contributed by atoms with van der Waals surface area (Å²) < 4.78 is 6.56. The third kappa shape index (κ3) is 3.05. The summed E-state index contributed by atoms with van der Waals surface area (Å²) in [4.78, 5) is 30.9. The fraction of sp³-hybridized carbons (Fsp3) is 0.250. The Morgan fingerprint density at radius 3 is 3.07 bits per heavy atom. The predicted molar refractivity (Wildman–Crippen MR) is 108 cm³/mol. The first kappa shape index (κ1) is 17.0. The third-order valence-corrected chi connectivity index (χ3v) is 6.11. The summed E-state index contributed by atoms with van der Waals surface area (Å²) >= 11 is 1.65. The summed E-state index contributed by atoms with van der Waals surface area (Å²) in [6.07, 6.45) is 1.86. The van der Waals surface area contributed by atoms with E-state index in [4.69, 9.17) is 9.72 Å². The van der Waals surface area contributed by atoms with Crippen LogP contribution in [-0.4, -0.2) is 35.0 Å². The summed E-state index contributed by atoms with van der Waals surface area (Å²) in [5, 5.41) is 6.67. The van der Waals surface area contributed by atoms with Gasteiger partial charge in [-0.05, 0) is 37.1 Å². The Kier molecular flexibility index (Phi) is 4.12. The monoisotopic (exact) mass is 394 g/mol. The van der Waals surface area contributed by atoms with E-state index in [9.17, 15) is 9.59 Å². The van der Waals surface area contributed by atoms with Gasteiger partial charge < -0.3 is 20.3 Å². The highest BCUT2D eigenvalue weighted by molar-refractivity contribution is 7.18. The molecule has 8 heteroatoms. The molecule has 7 nitrogen and oxygen atoms in total. The van der Waals surface area contributed by atoms with Crippen LogP contribution in [0.15, 0.2) is 42.5 Å². The molecule has 142 valence electrons. The van der Waals surface area contributed by atoms with Crippen LogP contribution in [0.2, 0.25) is 0 Å². The van der Waals surface area contributed by atoms with E-state index in [1.165, 1.54) is 0 Å². The lowest BCUT2D eigenvalue weighted by atomic mass is 10.2. The fourth-order valence-corrected chi connectivity index (χ4v) is 4.76. The summed E-state index contributed by atoms with van der Waals surface area (Å²) in [5.74, 6) is 0.376. The number of nitrogens with one attached hydrogen (secondary N) is 2. The summed E-state index contributed by atoms with van der Waals surface area (Å²) in [5.41, 5.74) is 2.22. The zero-order valence-electron chi connectivity index (χ0n) is 15.0. The van der Waals surface area contributed by atoms with Crippen molar-refractivity contribution in [2.75, 3.05) is 23.8 Å². The number of ether oxygens (including phenoxy) is 1. The first-order valence-corrected chi connectivity index (χ1v) is 9.99. The van der Waals surface area contributed by atoms with Gasteiger partial charge in [-0.3, -0.25) is 4.79 Å². The van der Waals surface area contributed by atoms with Crippen molar-refractivity contribution in [3.05, 3.63) is 47.5 Å². The minimum absolute atomic E-state index is 0.00874. The molecule has 5 rings (SSSR count). The van der Waals surface area contributed by atoms with Gasteiger partial charge in [0.25, 0.3) is 5.91 Å². The molecule has 1 saturated heterocycles. The molecule has 2 aromatic carbocycles. The first-order valence-electron chi connectivity index (χ1n) is 9.17. The second-order valence-electron chi connectivity index (χ2n) is 6.85. The van der Waals surface area contributed by atoms with E-state index in [1.54, 1.807) is 29.5 Å². The van der Waals surface area contributed by atoms with E-state index in [0.717, 1.165) is 28.1 Å². The lowest BCUT2D eigenvalue weighted by molar-refractivity contribution is -0.118. The van der Waals surface area contributed by atoms with Gasteiger partial charge in [-0.15, -0.1) is 11.3 Å². The van der Waals surface area contributed by atoms with Crippen LogP contribution in [-0.2, 0) is 4.79 Å². The first-order chi connectivity index (χ1) is 13.7. The predicted octanol–water partition coefficient (Wildman–Crippen LogP) is 4.00. The maximum Gasteiger partial charge on any atom is 0.322 e. The second kappa shape index (κ2) is 6.79. The van der Waals surface area contributed by atoms with Gasteiger partial charge in [-0.25, -0.2) is 9.78 Å². The van der Waals surface area contributed by atoms with Crippen LogP contribution in [0.25, 0.3) is 10.2 Å². The Labute approximate surface area is 165 Å². The fourth-order valence-electron chi connectivity index (χ4n) is 3.65. The molecule has 0 spiro atoms. The maximum absolute atomic E-state index is 12.9. The molecule has 2 aliphatic rings. The van der Waals surface area contributed by atoms with Crippen molar-refractivity contribution >= 4 is 44.9 Å². The van der Waals surface area contributed by atoms with Gasteiger partial charge in [-0.1, -0.05) is 12.1 Å². The largest absolute Gasteiger partial charge is 0.482 e. The maximum atomic E-state index is 12.9. The van der Waals surface area contributed by atoms with Gasteiger partial charge >= 0.3 is 6.03 Å². The van der Waals surface area contributed by atoms with Crippen LogP contribution in [0.5, 0.6) is 5.75 Å². The third-order valence-electron chi connectivity index (χ3n) is 4.97. The van der Waals surface area contributed by atoms with Crippen LogP contribution in [0.4, 0.5) is 16.2 Å². The van der Waals surface area contributed by atoms with Gasteiger partial charge in [0.2, 0.25) is 0 Å². The number of anilines is 2. The molecule has 28 heavy (non-hydrogen) atoms. The highest BCUT2D eigenvalue weighted by Crippen LogP contribution is 2.37. The van der Waals surface area contributed by atoms with E-state index >= 15 is 0 Å². The highest BCUT2D eigenvalue weighted by atomic mass is 32.1. The van der Waals surface area contributed by atoms with E-state index in [0.29, 0.717) is 23.7 Å². The van der Waals surface area contributed by atoms with Gasteiger partial charge in [0.05, 0.1) is 21.9 Å². The summed E-state index contributed by atoms with van der Waals surface area (Å²) in [6.45, 7) is 0.681. The Morgan fingerprint density at radius 2 is 2.18 bits per heavy atom. The molecule has 1 aromatic heterocycles. The normalized spacial score (nSPS) is 18.5. The van der Waals surface area contributed by atoms with Crippen molar-refractivity contribution in [3.63, 3.8) is 0 Å². The average Bonchev–Trinajstić information content (AvgIpc) is 3.34. The molecule has 0 bridgehead atoms. The highest BCUT2D eigenvalue weighted by Gasteiger charge is 2.32. The molecular weight excluding hydrogens is 376 g/mol. The number of benzene rings is 2. The molecule has 3 amide bonds. The number of likely N-dealkylation sites (tertiary alicyclic amines) is 1. The zero-order valence-corrected chi connectivity index (χ0v) is 15.8. The molecule has 2 N–H and O–H groups in total. The van der Waals surface area contributed by atoms with Crippen molar-refractivity contribution < 1.29 is 14.3 Å². The quantitative estimate of drug-likeness (QED) is 0.688. The van der Waals surface area contributed by atoms with Crippen molar-refractivity contribution in [1.82, 2.24) is 9.88 Å². The van der Waals surface area contributed by atoms with E-state index < -0.39 is 0 Å². The zero-order chi connectivity index (χ0) is 19.1. The smallest absolute Gasteiger partial charge is 0.322 e. The topological polar surface area (TPSA) is 83.6 Å². The van der Waals surface area contributed by atoms with Gasteiger partial charge in [-0.2, -0.15) is 0 Å². The average molecular weight is 394 g/mol. The molecule has 2 aliphatic heterocycles. The molecule has 3 heterocycles. The summed E-state index contributed by atoms with van der Waals surface area (Å²) in [6, 6.07) is 13.1. The minimum atomic E-state index is -0.181. The number of carbonyl (C=O) groups is 2. The van der Waals surface area contributed by atoms with Gasteiger partial charge in [0.15, 0.2) is 6.61 Å². The SMILES string of the molecule is O=C1COc2cc(NC(=O)N3CCCC3c3nc4ccccc4s3)ccc2N1. The molecule has 1 unspecified atom stereocenters. The number of rotatable bonds is 2. The molecule has 1 fully saturated rings. The molecule has 0 saturated carbocycles. The summed E-state index contributed by atoms with van der Waals surface area (Å²) in [7, 11) is 0.